The number of piperidine rings is 1. The smallest absolute Gasteiger partial charge is 0.405 e. The van der Waals surface area contributed by atoms with Crippen LogP contribution in [0.1, 0.15) is 68.0 Å². The fourth-order valence-corrected chi connectivity index (χ4v) is 4.56. The first-order chi connectivity index (χ1) is 17.7. The summed E-state index contributed by atoms with van der Waals surface area (Å²) in [5, 5.41) is 13.1. The first-order valence-corrected chi connectivity index (χ1v) is 12.2. The van der Waals surface area contributed by atoms with Gasteiger partial charge in [0.05, 0.1) is 18.3 Å². The van der Waals surface area contributed by atoms with Crippen LogP contribution in [0.3, 0.4) is 0 Å². The summed E-state index contributed by atoms with van der Waals surface area (Å²) in [5.74, 6) is 1.20. The Labute approximate surface area is 213 Å². The van der Waals surface area contributed by atoms with Crippen LogP contribution in [0.15, 0.2) is 53.4 Å². The van der Waals surface area contributed by atoms with Crippen molar-refractivity contribution in [2.45, 2.75) is 70.6 Å². The summed E-state index contributed by atoms with van der Waals surface area (Å²) in [7, 11) is 0. The maximum absolute atomic E-state index is 13.1. The number of halogens is 3. The number of alkyl halides is 3. The van der Waals surface area contributed by atoms with E-state index in [0.717, 1.165) is 44.1 Å². The van der Waals surface area contributed by atoms with Crippen LogP contribution in [0.5, 0.6) is 0 Å². The number of ether oxygens (including phenoxy) is 2. The summed E-state index contributed by atoms with van der Waals surface area (Å²) >= 11 is 0. The third-order valence-corrected chi connectivity index (χ3v) is 6.49. The number of nitriles is 1. The molecule has 1 aliphatic heterocycles. The van der Waals surface area contributed by atoms with Crippen LogP contribution < -0.4 is 4.90 Å². The average Bonchev–Trinajstić information content (AvgIpc) is 3.64. The van der Waals surface area contributed by atoms with E-state index >= 15 is 0 Å². The first kappa shape index (κ1) is 26.5. The third-order valence-electron chi connectivity index (χ3n) is 6.49. The highest BCUT2D eigenvalue weighted by Crippen LogP contribution is 2.44. The predicted octanol–water partition coefficient (Wildman–Crippen LogP) is 6.40. The van der Waals surface area contributed by atoms with Crippen molar-refractivity contribution in [3.8, 4) is 6.07 Å². The van der Waals surface area contributed by atoms with E-state index in [-0.39, 0.29) is 35.9 Å². The van der Waals surface area contributed by atoms with Gasteiger partial charge in [0.25, 0.3) is 0 Å². The number of pyridine rings is 1. The fraction of sp³-hybridized carbons (Fsp3) is 0.444. The summed E-state index contributed by atoms with van der Waals surface area (Å²) < 4.78 is 55.3. The predicted molar refractivity (Wildman–Crippen MR) is 131 cm³/mol. The molecule has 0 aromatic carbocycles. The minimum absolute atomic E-state index is 0.0566. The molecule has 0 spiro atoms. The van der Waals surface area contributed by atoms with Gasteiger partial charge in [-0.15, -0.1) is 13.2 Å². The zero-order chi connectivity index (χ0) is 26.6. The van der Waals surface area contributed by atoms with Crippen molar-refractivity contribution in [2.75, 3.05) is 11.4 Å². The van der Waals surface area contributed by atoms with Crippen molar-refractivity contribution in [1.82, 2.24) is 10.1 Å². The Morgan fingerprint density at radius 2 is 2.11 bits per heavy atom. The van der Waals surface area contributed by atoms with E-state index < -0.39 is 12.1 Å². The van der Waals surface area contributed by atoms with Crippen molar-refractivity contribution in [1.29, 1.82) is 5.26 Å². The Kier molecular flexibility index (Phi) is 8.03. The zero-order valence-corrected chi connectivity index (χ0v) is 20.8. The molecule has 0 bridgehead atoms. The monoisotopic (exact) mass is 514 g/mol. The van der Waals surface area contributed by atoms with Gasteiger partial charge in [-0.2, -0.15) is 5.26 Å². The lowest BCUT2D eigenvalue weighted by atomic mass is 9.99. The molecule has 2 aliphatic rings. The highest BCUT2D eigenvalue weighted by atomic mass is 19.4. The average molecular weight is 515 g/mol. The first-order valence-electron chi connectivity index (χ1n) is 12.2. The van der Waals surface area contributed by atoms with Gasteiger partial charge in [-0.25, -0.2) is 4.98 Å². The number of hydrogen-bond donors (Lipinski definition) is 0. The van der Waals surface area contributed by atoms with Gasteiger partial charge in [-0.1, -0.05) is 23.9 Å². The standard InChI is InChI=1S/C27H29F3N4O3/c1-4-6-21(23(5-2)36-27(28,29)30)25-22(26(37-33-25)19-8-9-19)16-35-20-11-12-34(17(3)13-20)24-10-7-18(14-31)15-32-24/h4-7,10,15,17,19-20H,2,8-9,11-13,16H2,1,3H3/b6-4-,23-21-. The number of anilines is 1. The van der Waals surface area contributed by atoms with Crippen molar-refractivity contribution in [3.63, 3.8) is 0 Å². The number of hydrogen-bond acceptors (Lipinski definition) is 7. The molecule has 2 aromatic rings. The van der Waals surface area contributed by atoms with Crippen LogP contribution >= 0.6 is 0 Å². The summed E-state index contributed by atoms with van der Waals surface area (Å²) in [6, 6.07) is 5.82. The van der Waals surface area contributed by atoms with Crippen LogP contribution in [-0.2, 0) is 16.1 Å². The Morgan fingerprint density at radius 1 is 1.32 bits per heavy atom. The van der Waals surface area contributed by atoms with E-state index in [4.69, 9.17) is 14.5 Å². The van der Waals surface area contributed by atoms with Gasteiger partial charge in [-0.3, -0.25) is 0 Å². The minimum Gasteiger partial charge on any atom is -0.405 e. The van der Waals surface area contributed by atoms with Crippen molar-refractivity contribution in [3.05, 3.63) is 71.5 Å². The van der Waals surface area contributed by atoms with Crippen LogP contribution in [-0.4, -0.2) is 35.2 Å². The Morgan fingerprint density at radius 3 is 2.68 bits per heavy atom. The second-order valence-electron chi connectivity index (χ2n) is 9.19. The molecule has 1 saturated heterocycles. The summed E-state index contributed by atoms with van der Waals surface area (Å²) in [6.45, 7) is 8.17. The minimum atomic E-state index is -4.87. The van der Waals surface area contributed by atoms with E-state index in [0.29, 0.717) is 16.9 Å². The zero-order valence-electron chi connectivity index (χ0n) is 20.8. The number of nitrogens with zero attached hydrogens (tertiary/aromatic N) is 4. The Bertz CT molecular complexity index is 1210. The van der Waals surface area contributed by atoms with Gasteiger partial charge < -0.3 is 18.9 Å². The molecule has 196 valence electrons. The summed E-state index contributed by atoms with van der Waals surface area (Å²) in [5.41, 5.74) is 1.56. The lowest BCUT2D eigenvalue weighted by Gasteiger charge is -2.38. The molecule has 7 nitrogen and oxygen atoms in total. The summed E-state index contributed by atoms with van der Waals surface area (Å²) in [6.07, 6.45) is 4.14. The Balaban J connectivity index is 1.52. The van der Waals surface area contributed by atoms with Crippen molar-refractivity contribution >= 4 is 11.4 Å². The van der Waals surface area contributed by atoms with Gasteiger partial charge >= 0.3 is 6.36 Å². The molecule has 2 aromatic heterocycles. The molecule has 0 radical (unpaired) electrons. The molecule has 2 unspecified atom stereocenters. The molecule has 1 saturated carbocycles. The van der Waals surface area contributed by atoms with Crippen LogP contribution in [0, 0.1) is 11.3 Å². The molecular formula is C27H29F3N4O3. The SMILES string of the molecule is C=C/C(OC(F)(F)F)=C(\C=C/C)c1noc(C2CC2)c1COC1CCN(c2ccc(C#N)cn2)C(C)C1. The Hall–Kier alpha value is -3.58. The van der Waals surface area contributed by atoms with E-state index in [1.807, 2.05) is 6.07 Å². The van der Waals surface area contributed by atoms with E-state index in [9.17, 15) is 13.2 Å². The number of rotatable bonds is 9. The molecule has 0 amide bonds. The van der Waals surface area contributed by atoms with Crippen LogP contribution in [0.2, 0.25) is 0 Å². The lowest BCUT2D eigenvalue weighted by molar-refractivity contribution is -0.302. The van der Waals surface area contributed by atoms with Crippen LogP contribution in [0.25, 0.3) is 5.57 Å². The fourth-order valence-electron chi connectivity index (χ4n) is 4.56. The van der Waals surface area contributed by atoms with Gasteiger partial charge in [0.15, 0.2) is 0 Å². The number of allylic oxidation sites excluding steroid dienone is 4. The third kappa shape index (κ3) is 6.41. The lowest BCUT2D eigenvalue weighted by Crippen LogP contribution is -2.44. The topological polar surface area (TPSA) is 84.4 Å². The maximum Gasteiger partial charge on any atom is 0.573 e. The van der Waals surface area contributed by atoms with E-state index in [1.54, 1.807) is 25.3 Å². The van der Waals surface area contributed by atoms with E-state index in [2.05, 4.69) is 39.3 Å². The molecule has 3 heterocycles. The highest BCUT2D eigenvalue weighted by molar-refractivity contribution is 5.77. The van der Waals surface area contributed by atoms with E-state index in [1.165, 1.54) is 6.08 Å². The second-order valence-corrected chi connectivity index (χ2v) is 9.19. The molecule has 1 aliphatic carbocycles. The van der Waals surface area contributed by atoms with Gasteiger partial charge in [0.1, 0.15) is 29.1 Å². The highest BCUT2D eigenvalue weighted by Gasteiger charge is 2.36. The molecule has 4 rings (SSSR count). The van der Waals surface area contributed by atoms with Gasteiger partial charge in [0, 0.05) is 35.8 Å². The summed E-state index contributed by atoms with van der Waals surface area (Å²) in [4.78, 5) is 6.58. The van der Waals surface area contributed by atoms with Gasteiger partial charge in [-0.05, 0) is 57.7 Å². The quantitative estimate of drug-likeness (QED) is 0.283. The molecule has 10 heteroatoms. The second kappa shape index (κ2) is 11.2. The molecule has 0 N–H and O–H groups in total. The van der Waals surface area contributed by atoms with Crippen LogP contribution in [0.4, 0.5) is 19.0 Å². The molecule has 2 fully saturated rings. The maximum atomic E-state index is 13.1. The number of aromatic nitrogens is 2. The van der Waals surface area contributed by atoms with Gasteiger partial charge in [0.2, 0.25) is 0 Å². The normalized spacial score (nSPS) is 21.0. The van der Waals surface area contributed by atoms with Crippen molar-refractivity contribution < 1.29 is 27.2 Å². The molecule has 2 atom stereocenters. The largest absolute Gasteiger partial charge is 0.573 e. The molecule has 37 heavy (non-hydrogen) atoms. The molecular weight excluding hydrogens is 485 g/mol. The van der Waals surface area contributed by atoms with Crippen molar-refractivity contribution in [2.24, 2.45) is 0 Å².